The molecule has 6 aromatic carbocycles. The molecule has 0 saturated carbocycles. The van der Waals surface area contributed by atoms with Crippen molar-refractivity contribution in [3.63, 3.8) is 0 Å². The number of hydrogen-bond donors (Lipinski definition) is 0. The van der Waals surface area contributed by atoms with Crippen LogP contribution in [0.4, 0.5) is 0 Å². The van der Waals surface area contributed by atoms with Crippen molar-refractivity contribution >= 4 is 45.5 Å². The molecule has 1 heterocycles. The highest BCUT2D eigenvalue weighted by atomic mass is 31.1. The maximum atomic E-state index is 5.45. The topological polar surface area (TPSA) is 12.9 Å². The molecular weight excluding hydrogens is 585 g/mol. The van der Waals surface area contributed by atoms with Crippen LogP contribution in [0.25, 0.3) is 43.9 Å². The van der Waals surface area contributed by atoms with E-state index < -0.39 is 7.92 Å². The third kappa shape index (κ3) is 4.96. The molecule has 0 saturated heterocycles. The highest BCUT2D eigenvalue weighted by Gasteiger charge is 2.27. The van der Waals surface area contributed by atoms with Crippen LogP contribution in [-0.4, -0.2) is 4.98 Å². The van der Waals surface area contributed by atoms with E-state index in [9.17, 15) is 0 Å². The van der Waals surface area contributed by atoms with E-state index in [4.69, 9.17) is 4.98 Å². The Labute approximate surface area is 277 Å². The van der Waals surface area contributed by atoms with Gasteiger partial charge in [-0.3, -0.25) is 4.98 Å². The molecule has 0 amide bonds. The lowest BCUT2D eigenvalue weighted by molar-refractivity contribution is 0.893. The Morgan fingerprint density at radius 1 is 0.553 bits per heavy atom. The van der Waals surface area contributed by atoms with Crippen LogP contribution in [0.2, 0.25) is 0 Å². The zero-order valence-electron chi connectivity index (χ0n) is 25.9. The van der Waals surface area contributed by atoms with Gasteiger partial charge in [0, 0.05) is 16.7 Å². The highest BCUT2D eigenvalue weighted by molar-refractivity contribution is 7.79. The Hall–Kier alpha value is -5.36. The predicted molar refractivity (Wildman–Crippen MR) is 202 cm³/mol. The number of nitrogens with zero attached hydrogens (tertiary/aromatic N) is 1. The van der Waals surface area contributed by atoms with E-state index in [1.165, 1.54) is 71.2 Å². The summed E-state index contributed by atoms with van der Waals surface area (Å²) in [5, 5.41) is 7.75. The standard InChI is InChI=1S/C45H32NP/c1-3-16-36(17-4-1)47(37-18-5-2-6-19-37)38-26-22-31(23-27-38)34-14-11-15-35(30-34)43-41-28-24-32-12-7-9-20-39(32)44(41)46-45-40-21-10-8-13-33(40)25-29-42(43)45/h1-28,30,40H,29H2. The number of fused-ring (bicyclic) bond motifs is 6. The molecule has 1 nitrogen and oxygen atoms in total. The minimum absolute atomic E-state index is 0.186. The van der Waals surface area contributed by atoms with Gasteiger partial charge in [-0.05, 0) is 75.1 Å². The summed E-state index contributed by atoms with van der Waals surface area (Å²) in [5.41, 5.74) is 9.97. The second-order valence-corrected chi connectivity index (χ2v) is 14.5. The summed E-state index contributed by atoms with van der Waals surface area (Å²) < 4.78 is 0. The van der Waals surface area contributed by atoms with Crippen molar-refractivity contribution in [2.24, 2.45) is 0 Å². The first-order chi connectivity index (χ1) is 23.3. The Morgan fingerprint density at radius 2 is 1.26 bits per heavy atom. The summed E-state index contributed by atoms with van der Waals surface area (Å²) in [7, 11) is -0.639. The Morgan fingerprint density at radius 3 is 2.04 bits per heavy atom. The van der Waals surface area contributed by atoms with Gasteiger partial charge in [0.1, 0.15) is 0 Å². The monoisotopic (exact) mass is 617 g/mol. The summed E-state index contributed by atoms with van der Waals surface area (Å²) in [5.74, 6) is 0.186. The van der Waals surface area contributed by atoms with Crippen molar-refractivity contribution in [3.05, 3.63) is 193 Å². The zero-order chi connectivity index (χ0) is 31.2. The van der Waals surface area contributed by atoms with Crippen LogP contribution in [0.1, 0.15) is 17.2 Å². The zero-order valence-corrected chi connectivity index (χ0v) is 26.8. The van der Waals surface area contributed by atoms with Gasteiger partial charge in [0.05, 0.1) is 11.2 Å². The second kappa shape index (κ2) is 11.8. The van der Waals surface area contributed by atoms with E-state index in [-0.39, 0.29) is 5.92 Å². The molecular formula is C45H32NP. The third-order valence-corrected chi connectivity index (χ3v) is 12.0. The van der Waals surface area contributed by atoms with Crippen molar-refractivity contribution in [1.82, 2.24) is 4.98 Å². The third-order valence-electron chi connectivity index (χ3n) is 9.55. The Kier molecular flexibility index (Phi) is 6.99. The fourth-order valence-corrected chi connectivity index (χ4v) is 9.61. The molecule has 0 N–H and O–H groups in total. The molecule has 0 spiro atoms. The quantitative estimate of drug-likeness (QED) is 0.138. The van der Waals surface area contributed by atoms with E-state index in [2.05, 4.69) is 176 Å². The number of pyridine rings is 1. The lowest BCUT2D eigenvalue weighted by Crippen LogP contribution is -2.20. The fraction of sp³-hybridized carbons (Fsp3) is 0.0444. The van der Waals surface area contributed by atoms with Crippen molar-refractivity contribution < 1.29 is 0 Å². The largest absolute Gasteiger partial charge is 0.251 e. The van der Waals surface area contributed by atoms with Crippen LogP contribution in [0, 0.1) is 0 Å². The molecule has 0 fully saturated rings. The van der Waals surface area contributed by atoms with Gasteiger partial charge in [-0.1, -0.05) is 170 Å². The van der Waals surface area contributed by atoms with Gasteiger partial charge in [-0.2, -0.15) is 0 Å². The lowest BCUT2D eigenvalue weighted by Gasteiger charge is -2.27. The van der Waals surface area contributed by atoms with Gasteiger partial charge in [0.2, 0.25) is 0 Å². The maximum absolute atomic E-state index is 5.45. The van der Waals surface area contributed by atoms with Crippen LogP contribution in [0.5, 0.6) is 0 Å². The molecule has 0 aliphatic heterocycles. The number of rotatable bonds is 5. The molecule has 9 rings (SSSR count). The van der Waals surface area contributed by atoms with Crippen molar-refractivity contribution in [1.29, 1.82) is 0 Å². The van der Waals surface area contributed by atoms with Crippen LogP contribution >= 0.6 is 7.92 Å². The summed E-state index contributed by atoms with van der Waals surface area (Å²) in [6, 6.07) is 53.4. The molecule has 7 aromatic rings. The minimum Gasteiger partial charge on any atom is -0.251 e. The van der Waals surface area contributed by atoms with E-state index in [0.717, 1.165) is 11.9 Å². The first kappa shape index (κ1) is 27.9. The lowest BCUT2D eigenvalue weighted by atomic mass is 9.79. The molecule has 222 valence electrons. The molecule has 1 unspecified atom stereocenters. The van der Waals surface area contributed by atoms with Crippen molar-refractivity contribution in [2.45, 2.75) is 12.3 Å². The number of allylic oxidation sites excluding steroid dienone is 6. The van der Waals surface area contributed by atoms with Crippen LogP contribution in [0.3, 0.4) is 0 Å². The highest BCUT2D eigenvalue weighted by Crippen LogP contribution is 2.44. The predicted octanol–water partition coefficient (Wildman–Crippen LogP) is 10.2. The number of benzene rings is 6. The van der Waals surface area contributed by atoms with E-state index in [1.807, 2.05) is 0 Å². The van der Waals surface area contributed by atoms with Gasteiger partial charge in [0.25, 0.3) is 0 Å². The molecule has 0 radical (unpaired) electrons. The Balaban J connectivity index is 1.17. The number of aromatic nitrogens is 1. The van der Waals surface area contributed by atoms with Gasteiger partial charge >= 0.3 is 0 Å². The first-order valence-electron chi connectivity index (χ1n) is 16.3. The first-order valence-corrected chi connectivity index (χ1v) is 17.7. The minimum atomic E-state index is -0.639. The number of hydrogen-bond acceptors (Lipinski definition) is 1. The fourth-order valence-electron chi connectivity index (χ4n) is 7.33. The van der Waals surface area contributed by atoms with Gasteiger partial charge < -0.3 is 0 Å². The molecule has 2 heteroatoms. The molecule has 1 aromatic heterocycles. The summed E-state index contributed by atoms with van der Waals surface area (Å²) in [6.07, 6.45) is 12.1. The average Bonchev–Trinajstić information content (AvgIpc) is 3.15. The maximum Gasteiger partial charge on any atom is 0.0790 e. The van der Waals surface area contributed by atoms with Crippen LogP contribution in [0.15, 0.2) is 182 Å². The smallest absolute Gasteiger partial charge is 0.0790 e. The van der Waals surface area contributed by atoms with E-state index >= 15 is 0 Å². The normalized spacial score (nSPS) is 15.1. The van der Waals surface area contributed by atoms with E-state index in [1.54, 1.807) is 0 Å². The van der Waals surface area contributed by atoms with Gasteiger partial charge in [-0.25, -0.2) is 0 Å². The van der Waals surface area contributed by atoms with Crippen molar-refractivity contribution in [3.8, 4) is 22.3 Å². The van der Waals surface area contributed by atoms with Crippen LogP contribution in [-0.2, 0) is 6.42 Å². The molecule has 2 aliphatic rings. The SMILES string of the molecule is C1=CC2=CCc3c(nc4c(ccc5ccccc54)c3-c3cccc(-c4ccc(P(c5ccccc5)c5ccccc5)cc4)c3)C2C=C1. The second-order valence-electron chi connectivity index (χ2n) is 12.3. The average molecular weight is 618 g/mol. The van der Waals surface area contributed by atoms with Crippen molar-refractivity contribution in [2.75, 3.05) is 0 Å². The van der Waals surface area contributed by atoms with E-state index in [0.29, 0.717) is 0 Å². The summed E-state index contributed by atoms with van der Waals surface area (Å²) in [4.78, 5) is 5.45. The van der Waals surface area contributed by atoms with Gasteiger partial charge in [-0.15, -0.1) is 0 Å². The van der Waals surface area contributed by atoms with Gasteiger partial charge in [0.15, 0.2) is 0 Å². The Bertz CT molecular complexity index is 2330. The molecule has 0 bridgehead atoms. The van der Waals surface area contributed by atoms with Crippen LogP contribution < -0.4 is 15.9 Å². The summed E-state index contributed by atoms with van der Waals surface area (Å²) in [6.45, 7) is 0. The molecule has 47 heavy (non-hydrogen) atoms. The molecule has 2 aliphatic carbocycles. The molecule has 1 atom stereocenters. The summed E-state index contributed by atoms with van der Waals surface area (Å²) >= 11 is 0.